The van der Waals surface area contributed by atoms with Gasteiger partial charge in [0.2, 0.25) is 5.88 Å². The van der Waals surface area contributed by atoms with Crippen LogP contribution in [0.25, 0.3) is 0 Å². The molecule has 1 N–H and O–H groups in total. The van der Waals surface area contributed by atoms with Gasteiger partial charge in [0.1, 0.15) is 6.54 Å². The molecular weight excluding hydrogens is 284 g/mol. The summed E-state index contributed by atoms with van der Waals surface area (Å²) in [6, 6.07) is 2.92. The largest absolute Gasteiger partial charge is 0.481 e. The Morgan fingerprint density at radius 1 is 1.60 bits per heavy atom. The molecule has 1 aromatic rings. The average molecular weight is 300 g/mol. The molecule has 110 valence electrons. The Bertz CT molecular complexity index is 602. The molecule has 1 atom stereocenters. The van der Waals surface area contributed by atoms with E-state index in [4.69, 9.17) is 9.84 Å². The van der Waals surface area contributed by atoms with E-state index < -0.39 is 15.8 Å². The number of carboxylic acids is 1. The van der Waals surface area contributed by atoms with Gasteiger partial charge in [-0.25, -0.2) is 13.4 Å². The molecule has 2 heterocycles. The number of carbonyl (C=O) groups is 1. The number of carboxylic acid groups (broad SMARTS) is 1. The number of sulfone groups is 1. The Kier molecular flexibility index (Phi) is 4.12. The SMILES string of the molecule is COc1cc(N(CC(=O)O)C2CCS(=O)(=O)C2)ccn1. The number of hydrogen-bond acceptors (Lipinski definition) is 6. The minimum atomic E-state index is -3.08. The first-order valence-electron chi connectivity index (χ1n) is 6.10. The molecule has 2 rings (SSSR count). The van der Waals surface area contributed by atoms with Gasteiger partial charge in [-0.15, -0.1) is 0 Å². The van der Waals surface area contributed by atoms with Crippen molar-refractivity contribution in [2.24, 2.45) is 0 Å². The van der Waals surface area contributed by atoms with Gasteiger partial charge in [-0.3, -0.25) is 4.79 Å². The van der Waals surface area contributed by atoms with Gasteiger partial charge in [0, 0.05) is 24.0 Å². The lowest BCUT2D eigenvalue weighted by Crippen LogP contribution is -2.40. The average Bonchev–Trinajstić information content (AvgIpc) is 2.76. The maximum atomic E-state index is 11.6. The van der Waals surface area contributed by atoms with Crippen molar-refractivity contribution in [2.75, 3.05) is 30.1 Å². The van der Waals surface area contributed by atoms with Crippen molar-refractivity contribution in [3.63, 3.8) is 0 Å². The Hall–Kier alpha value is -1.83. The van der Waals surface area contributed by atoms with Crippen LogP contribution in [0.2, 0.25) is 0 Å². The van der Waals surface area contributed by atoms with Gasteiger partial charge >= 0.3 is 5.97 Å². The molecular formula is C12H16N2O5S. The molecule has 8 heteroatoms. The topological polar surface area (TPSA) is 96.8 Å². The van der Waals surface area contributed by atoms with Gasteiger partial charge in [-0.2, -0.15) is 0 Å². The van der Waals surface area contributed by atoms with E-state index in [2.05, 4.69) is 4.98 Å². The van der Waals surface area contributed by atoms with Crippen LogP contribution in [0.5, 0.6) is 5.88 Å². The highest BCUT2D eigenvalue weighted by Gasteiger charge is 2.33. The second-order valence-electron chi connectivity index (χ2n) is 4.63. The molecule has 0 spiro atoms. The highest BCUT2D eigenvalue weighted by atomic mass is 32.2. The Morgan fingerprint density at radius 2 is 2.35 bits per heavy atom. The van der Waals surface area contributed by atoms with E-state index in [0.29, 0.717) is 18.0 Å². The Balaban J connectivity index is 2.29. The summed E-state index contributed by atoms with van der Waals surface area (Å²) in [4.78, 5) is 16.6. The normalized spacial score (nSPS) is 20.6. The van der Waals surface area contributed by atoms with Crippen LogP contribution in [-0.4, -0.2) is 55.7 Å². The number of aliphatic carboxylic acids is 1. The van der Waals surface area contributed by atoms with Gasteiger partial charge in [-0.05, 0) is 12.5 Å². The number of nitrogens with zero attached hydrogens (tertiary/aromatic N) is 2. The smallest absolute Gasteiger partial charge is 0.323 e. The summed E-state index contributed by atoms with van der Waals surface area (Å²) in [5.74, 6) is -0.579. The van der Waals surface area contributed by atoms with Gasteiger partial charge in [0.25, 0.3) is 0 Å². The third kappa shape index (κ3) is 3.38. The van der Waals surface area contributed by atoms with Crippen LogP contribution in [0.3, 0.4) is 0 Å². The quantitative estimate of drug-likeness (QED) is 0.827. The maximum Gasteiger partial charge on any atom is 0.323 e. The molecule has 1 fully saturated rings. The Labute approximate surface area is 117 Å². The fourth-order valence-electron chi connectivity index (χ4n) is 2.29. The van der Waals surface area contributed by atoms with E-state index in [1.165, 1.54) is 13.3 Å². The first kappa shape index (κ1) is 14.6. The van der Waals surface area contributed by atoms with E-state index >= 15 is 0 Å². The minimum absolute atomic E-state index is 0.0229. The molecule has 1 saturated heterocycles. The van der Waals surface area contributed by atoms with Crippen LogP contribution < -0.4 is 9.64 Å². The zero-order valence-electron chi connectivity index (χ0n) is 11.0. The first-order valence-corrected chi connectivity index (χ1v) is 7.92. The molecule has 20 heavy (non-hydrogen) atoms. The van der Waals surface area contributed by atoms with Crippen molar-refractivity contribution in [1.82, 2.24) is 4.98 Å². The molecule has 0 aliphatic carbocycles. The number of anilines is 1. The summed E-state index contributed by atoms with van der Waals surface area (Å²) in [5, 5.41) is 9.02. The van der Waals surface area contributed by atoms with Crippen molar-refractivity contribution in [1.29, 1.82) is 0 Å². The molecule has 1 unspecified atom stereocenters. The zero-order valence-corrected chi connectivity index (χ0v) is 11.8. The van der Waals surface area contributed by atoms with Crippen LogP contribution in [0.15, 0.2) is 18.3 Å². The van der Waals surface area contributed by atoms with E-state index in [1.54, 1.807) is 17.0 Å². The van der Waals surface area contributed by atoms with E-state index in [0.717, 1.165) is 0 Å². The lowest BCUT2D eigenvalue weighted by atomic mass is 10.2. The summed E-state index contributed by atoms with van der Waals surface area (Å²) in [7, 11) is -1.62. The molecule has 0 radical (unpaired) electrons. The summed E-state index contributed by atoms with van der Waals surface area (Å²) >= 11 is 0. The van der Waals surface area contributed by atoms with Crippen molar-refractivity contribution in [2.45, 2.75) is 12.5 Å². The highest BCUT2D eigenvalue weighted by Crippen LogP contribution is 2.26. The summed E-state index contributed by atoms with van der Waals surface area (Å²) in [5.41, 5.74) is 0.598. The molecule has 1 aliphatic rings. The molecule has 0 saturated carbocycles. The van der Waals surface area contributed by atoms with Gasteiger partial charge in [0.15, 0.2) is 9.84 Å². The zero-order chi connectivity index (χ0) is 14.8. The van der Waals surface area contributed by atoms with Crippen LogP contribution in [0.4, 0.5) is 5.69 Å². The van der Waals surface area contributed by atoms with E-state index in [1.807, 2.05) is 0 Å². The van der Waals surface area contributed by atoms with Gasteiger partial charge in [0.05, 0.1) is 18.6 Å². The lowest BCUT2D eigenvalue weighted by molar-refractivity contribution is -0.135. The maximum absolute atomic E-state index is 11.6. The van der Waals surface area contributed by atoms with Gasteiger partial charge < -0.3 is 14.7 Å². The predicted molar refractivity (Wildman–Crippen MR) is 72.8 cm³/mol. The molecule has 1 aromatic heterocycles. The summed E-state index contributed by atoms with van der Waals surface area (Å²) < 4.78 is 28.2. The first-order chi connectivity index (χ1) is 9.41. The fraction of sp³-hybridized carbons (Fsp3) is 0.500. The third-order valence-electron chi connectivity index (χ3n) is 3.21. The fourth-order valence-corrected chi connectivity index (χ4v) is 4.02. The standard InChI is InChI=1S/C12H16N2O5S/c1-19-11-6-9(2-4-13-11)14(7-12(15)16)10-3-5-20(17,18)8-10/h2,4,6,10H,3,5,7-8H2,1H3,(H,15,16). The minimum Gasteiger partial charge on any atom is -0.481 e. The second kappa shape index (κ2) is 5.66. The number of aromatic nitrogens is 1. The molecule has 0 amide bonds. The molecule has 1 aliphatic heterocycles. The Morgan fingerprint density at radius 3 is 2.90 bits per heavy atom. The van der Waals surface area contributed by atoms with Crippen molar-refractivity contribution >= 4 is 21.5 Å². The van der Waals surface area contributed by atoms with Crippen molar-refractivity contribution < 1.29 is 23.1 Å². The third-order valence-corrected chi connectivity index (χ3v) is 4.96. The molecule has 7 nitrogen and oxygen atoms in total. The lowest BCUT2D eigenvalue weighted by Gasteiger charge is -2.28. The second-order valence-corrected chi connectivity index (χ2v) is 6.86. The number of methoxy groups -OCH3 is 1. The van der Waals surface area contributed by atoms with Crippen molar-refractivity contribution in [3.05, 3.63) is 18.3 Å². The van der Waals surface area contributed by atoms with Crippen LogP contribution in [-0.2, 0) is 14.6 Å². The predicted octanol–water partition coefficient (Wildman–Crippen LogP) is 0.168. The molecule has 0 aromatic carbocycles. The van der Waals surface area contributed by atoms with E-state index in [9.17, 15) is 13.2 Å². The number of pyridine rings is 1. The number of ether oxygens (including phenoxy) is 1. The van der Waals surface area contributed by atoms with E-state index in [-0.39, 0.29) is 24.1 Å². The van der Waals surface area contributed by atoms with Crippen LogP contribution in [0, 0.1) is 0 Å². The number of hydrogen-bond donors (Lipinski definition) is 1. The highest BCUT2D eigenvalue weighted by molar-refractivity contribution is 7.91. The molecule has 0 bridgehead atoms. The van der Waals surface area contributed by atoms with Crippen LogP contribution in [0.1, 0.15) is 6.42 Å². The van der Waals surface area contributed by atoms with Gasteiger partial charge in [-0.1, -0.05) is 0 Å². The summed E-state index contributed by atoms with van der Waals surface area (Å²) in [6.07, 6.45) is 1.94. The van der Waals surface area contributed by atoms with Crippen LogP contribution >= 0.6 is 0 Å². The summed E-state index contributed by atoms with van der Waals surface area (Å²) in [6.45, 7) is -0.257. The monoisotopic (exact) mass is 300 g/mol. The van der Waals surface area contributed by atoms with Crippen molar-refractivity contribution in [3.8, 4) is 5.88 Å². The number of rotatable bonds is 5.